The van der Waals surface area contributed by atoms with Crippen LogP contribution in [0, 0.1) is 5.92 Å². The second-order valence-electron chi connectivity index (χ2n) is 9.81. The van der Waals surface area contributed by atoms with Gasteiger partial charge in [0.2, 0.25) is 0 Å². The minimum Gasteiger partial charge on any atom is -0.488 e. The number of hydrogen-bond donors (Lipinski definition) is 0. The standard InChI is InChI=1S/C26H33N5O4/c1-5-29(25(33)31-16-13-21(28-31)24(32)35-26(2,3)4)18-19-11-12-20(17-19)34-23-10-7-6-9-22(23)30-15-8-14-27-30/h6-10,13-16,19-20H,5,11-12,17-18H2,1-4H3/t19-,20-/m0/s1. The second-order valence-corrected chi connectivity index (χ2v) is 9.81. The van der Waals surface area contributed by atoms with Crippen molar-refractivity contribution in [2.45, 2.75) is 58.7 Å². The highest BCUT2D eigenvalue weighted by Crippen LogP contribution is 2.32. The zero-order valence-corrected chi connectivity index (χ0v) is 20.8. The molecule has 1 saturated carbocycles. The molecule has 2 atom stereocenters. The maximum atomic E-state index is 13.1. The van der Waals surface area contributed by atoms with E-state index in [1.165, 1.54) is 16.9 Å². The van der Waals surface area contributed by atoms with Gasteiger partial charge >= 0.3 is 12.0 Å². The van der Waals surface area contributed by atoms with Gasteiger partial charge in [-0.3, -0.25) is 0 Å². The zero-order valence-electron chi connectivity index (χ0n) is 20.8. The number of hydrogen-bond acceptors (Lipinski definition) is 6. The summed E-state index contributed by atoms with van der Waals surface area (Å²) in [5, 5.41) is 8.48. The Morgan fingerprint density at radius 2 is 1.91 bits per heavy atom. The molecule has 0 saturated heterocycles. The van der Waals surface area contributed by atoms with Crippen molar-refractivity contribution in [3.05, 3.63) is 60.7 Å². The smallest absolute Gasteiger partial charge is 0.359 e. The van der Waals surface area contributed by atoms with Gasteiger partial charge in [0.15, 0.2) is 5.69 Å². The first-order chi connectivity index (χ1) is 16.7. The largest absolute Gasteiger partial charge is 0.488 e. The topological polar surface area (TPSA) is 91.5 Å². The maximum Gasteiger partial charge on any atom is 0.359 e. The summed E-state index contributed by atoms with van der Waals surface area (Å²) >= 11 is 0. The predicted octanol–water partition coefficient (Wildman–Crippen LogP) is 4.56. The molecule has 1 aliphatic rings. The normalized spacial score (nSPS) is 17.8. The van der Waals surface area contributed by atoms with E-state index in [1.54, 1.807) is 36.5 Å². The molecule has 0 aliphatic heterocycles. The van der Waals surface area contributed by atoms with E-state index >= 15 is 0 Å². The molecule has 2 heterocycles. The summed E-state index contributed by atoms with van der Waals surface area (Å²) in [6.45, 7) is 8.48. The number of nitrogens with zero attached hydrogens (tertiary/aromatic N) is 5. The van der Waals surface area contributed by atoms with E-state index in [-0.39, 0.29) is 17.8 Å². The molecule has 1 aromatic carbocycles. The van der Waals surface area contributed by atoms with Gasteiger partial charge in [-0.05, 0) is 77.1 Å². The van der Waals surface area contributed by atoms with Gasteiger partial charge in [-0.1, -0.05) is 12.1 Å². The van der Waals surface area contributed by atoms with Gasteiger partial charge in [-0.15, -0.1) is 0 Å². The molecule has 186 valence electrons. The van der Waals surface area contributed by atoms with Crippen LogP contribution in [-0.2, 0) is 4.74 Å². The van der Waals surface area contributed by atoms with Crippen molar-refractivity contribution < 1.29 is 19.1 Å². The van der Waals surface area contributed by atoms with Gasteiger partial charge in [0, 0.05) is 31.7 Å². The first-order valence-electron chi connectivity index (χ1n) is 12.1. The number of rotatable bonds is 7. The van der Waals surface area contributed by atoms with E-state index in [9.17, 15) is 9.59 Å². The lowest BCUT2D eigenvalue weighted by atomic mass is 10.1. The van der Waals surface area contributed by atoms with E-state index in [4.69, 9.17) is 9.47 Å². The molecule has 2 aromatic heterocycles. The molecule has 0 bridgehead atoms. The van der Waals surface area contributed by atoms with E-state index < -0.39 is 11.6 Å². The third kappa shape index (κ3) is 6.09. The lowest BCUT2D eigenvalue weighted by Crippen LogP contribution is -2.38. The summed E-state index contributed by atoms with van der Waals surface area (Å²) in [7, 11) is 0. The molecule has 0 spiro atoms. The second kappa shape index (κ2) is 10.3. The molecule has 1 aliphatic carbocycles. The quantitative estimate of drug-likeness (QED) is 0.461. The van der Waals surface area contributed by atoms with Crippen molar-refractivity contribution >= 4 is 12.0 Å². The van der Waals surface area contributed by atoms with Crippen LogP contribution >= 0.6 is 0 Å². The van der Waals surface area contributed by atoms with E-state index in [1.807, 2.05) is 43.5 Å². The summed E-state index contributed by atoms with van der Waals surface area (Å²) < 4.78 is 14.7. The molecule has 0 N–H and O–H groups in total. The number of ether oxygens (including phenoxy) is 2. The first-order valence-corrected chi connectivity index (χ1v) is 12.1. The van der Waals surface area contributed by atoms with Gasteiger partial charge in [0.05, 0.1) is 6.10 Å². The monoisotopic (exact) mass is 479 g/mol. The lowest BCUT2D eigenvalue weighted by molar-refractivity contribution is 0.00623. The summed E-state index contributed by atoms with van der Waals surface area (Å²) in [5.74, 6) is 0.580. The van der Waals surface area contributed by atoms with Gasteiger partial charge < -0.3 is 14.4 Å². The minimum absolute atomic E-state index is 0.0778. The van der Waals surface area contributed by atoms with Crippen LogP contribution in [0.3, 0.4) is 0 Å². The molecule has 9 heteroatoms. The predicted molar refractivity (Wildman–Crippen MR) is 131 cm³/mol. The van der Waals surface area contributed by atoms with Crippen molar-refractivity contribution in [1.29, 1.82) is 0 Å². The number of carbonyl (C=O) groups is 2. The highest BCUT2D eigenvalue weighted by atomic mass is 16.6. The Morgan fingerprint density at radius 1 is 1.11 bits per heavy atom. The lowest BCUT2D eigenvalue weighted by Gasteiger charge is -2.24. The van der Waals surface area contributed by atoms with Gasteiger partial charge in [0.25, 0.3) is 0 Å². The SMILES string of the molecule is CCN(C[C@H]1CC[C@H](Oc2ccccc2-n2cccn2)C1)C(=O)n1ccc(C(=O)OC(C)(C)C)n1. The molecule has 0 radical (unpaired) electrons. The fraction of sp³-hybridized carbons (Fsp3) is 0.462. The molecule has 3 aromatic rings. The number of amides is 1. The van der Waals surface area contributed by atoms with Crippen molar-refractivity contribution in [1.82, 2.24) is 24.5 Å². The Morgan fingerprint density at radius 3 is 2.63 bits per heavy atom. The van der Waals surface area contributed by atoms with E-state index in [0.29, 0.717) is 19.0 Å². The van der Waals surface area contributed by atoms with Gasteiger partial charge in [-0.25, -0.2) is 14.3 Å². The zero-order chi connectivity index (χ0) is 25.0. The highest BCUT2D eigenvalue weighted by Gasteiger charge is 2.30. The molecule has 4 rings (SSSR count). The molecule has 1 fully saturated rings. The summed E-state index contributed by atoms with van der Waals surface area (Å²) in [6.07, 6.45) is 7.99. The Balaban J connectivity index is 1.35. The Labute approximate surface area is 205 Å². The number of aromatic nitrogens is 4. The molecule has 35 heavy (non-hydrogen) atoms. The van der Waals surface area contributed by atoms with Crippen LogP contribution in [0.1, 0.15) is 57.4 Å². The number of carbonyl (C=O) groups excluding carboxylic acids is 2. The third-order valence-corrected chi connectivity index (χ3v) is 5.93. The number of para-hydroxylation sites is 2. The highest BCUT2D eigenvalue weighted by molar-refractivity contribution is 5.88. The Hall–Kier alpha value is -3.62. The molecular formula is C26H33N5O4. The average Bonchev–Trinajstić information content (AvgIpc) is 3.58. The Kier molecular flexibility index (Phi) is 7.23. The van der Waals surface area contributed by atoms with E-state index in [0.717, 1.165) is 30.7 Å². The van der Waals surface area contributed by atoms with Crippen LogP contribution in [-0.4, -0.2) is 61.3 Å². The van der Waals surface area contributed by atoms with Crippen molar-refractivity contribution in [3.63, 3.8) is 0 Å². The number of benzene rings is 1. The molecule has 9 nitrogen and oxygen atoms in total. The first kappa shape index (κ1) is 24.5. The number of esters is 1. The van der Waals surface area contributed by atoms with Crippen LogP contribution in [0.25, 0.3) is 5.69 Å². The van der Waals surface area contributed by atoms with Crippen LogP contribution in [0.15, 0.2) is 55.0 Å². The van der Waals surface area contributed by atoms with Crippen molar-refractivity contribution in [3.8, 4) is 11.4 Å². The van der Waals surface area contributed by atoms with Crippen LogP contribution in [0.5, 0.6) is 5.75 Å². The van der Waals surface area contributed by atoms with Crippen LogP contribution in [0.2, 0.25) is 0 Å². The molecular weight excluding hydrogens is 446 g/mol. The maximum absolute atomic E-state index is 13.1. The average molecular weight is 480 g/mol. The molecule has 1 amide bonds. The van der Waals surface area contributed by atoms with Crippen molar-refractivity contribution in [2.75, 3.05) is 13.1 Å². The van der Waals surface area contributed by atoms with Crippen molar-refractivity contribution in [2.24, 2.45) is 5.92 Å². The fourth-order valence-electron chi connectivity index (χ4n) is 4.31. The van der Waals surface area contributed by atoms with E-state index in [2.05, 4.69) is 10.2 Å². The van der Waals surface area contributed by atoms with Gasteiger partial charge in [-0.2, -0.15) is 14.9 Å². The third-order valence-electron chi connectivity index (χ3n) is 5.93. The summed E-state index contributed by atoms with van der Waals surface area (Å²) in [5.41, 5.74) is 0.403. The van der Waals surface area contributed by atoms with Crippen LogP contribution < -0.4 is 4.74 Å². The van der Waals surface area contributed by atoms with Crippen LogP contribution in [0.4, 0.5) is 4.79 Å². The molecule has 0 unspecified atom stereocenters. The summed E-state index contributed by atoms with van der Waals surface area (Å²) in [4.78, 5) is 27.1. The van der Waals surface area contributed by atoms with Gasteiger partial charge in [0.1, 0.15) is 17.0 Å². The Bertz CT molecular complexity index is 1150. The minimum atomic E-state index is -0.625. The fourth-order valence-corrected chi connectivity index (χ4v) is 4.31. The summed E-state index contributed by atoms with van der Waals surface area (Å²) in [6, 6.07) is 11.0.